The number of aryl methyl sites for hydroxylation is 1. The first-order valence-corrected chi connectivity index (χ1v) is 8.61. The van der Waals surface area contributed by atoms with E-state index in [4.69, 9.17) is 16.3 Å². The molecule has 1 aliphatic heterocycles. The molecule has 6 heteroatoms. The molecule has 1 aromatic carbocycles. The van der Waals surface area contributed by atoms with Crippen LogP contribution >= 0.6 is 11.6 Å². The second-order valence-electron chi connectivity index (χ2n) is 6.28. The maximum absolute atomic E-state index is 12.8. The van der Waals surface area contributed by atoms with E-state index in [0.717, 1.165) is 30.9 Å². The van der Waals surface area contributed by atoms with Gasteiger partial charge in [0, 0.05) is 23.7 Å². The summed E-state index contributed by atoms with van der Waals surface area (Å²) in [5.74, 6) is 0.00266. The molecule has 0 fully saturated rings. The first-order valence-electron chi connectivity index (χ1n) is 8.24. The van der Waals surface area contributed by atoms with Gasteiger partial charge in [0.15, 0.2) is 0 Å². The molecule has 0 spiro atoms. The van der Waals surface area contributed by atoms with E-state index < -0.39 is 0 Å². The number of halogens is 1. The Morgan fingerprint density at radius 3 is 2.96 bits per heavy atom. The first-order chi connectivity index (χ1) is 11.5. The highest BCUT2D eigenvalue weighted by atomic mass is 35.5. The minimum Gasteiger partial charge on any atom is -0.372 e. The molecule has 0 saturated carbocycles. The number of carbonyl (C=O) groups is 1. The summed E-state index contributed by atoms with van der Waals surface area (Å²) in [6.45, 7) is 6.61. The third kappa shape index (κ3) is 3.79. The fraction of sp³-hybridized carbons (Fsp3) is 0.444. The van der Waals surface area contributed by atoms with Crippen LogP contribution in [0, 0.1) is 0 Å². The van der Waals surface area contributed by atoms with Gasteiger partial charge in [-0.25, -0.2) is 4.98 Å². The van der Waals surface area contributed by atoms with Crippen molar-refractivity contribution in [2.24, 2.45) is 0 Å². The van der Waals surface area contributed by atoms with Gasteiger partial charge in [-0.3, -0.25) is 4.79 Å². The molecule has 1 amide bonds. The highest BCUT2D eigenvalue weighted by molar-refractivity contribution is 6.30. The van der Waals surface area contributed by atoms with Crippen LogP contribution in [0.3, 0.4) is 0 Å². The largest absolute Gasteiger partial charge is 0.372 e. The van der Waals surface area contributed by atoms with E-state index in [2.05, 4.69) is 9.55 Å². The highest BCUT2D eigenvalue weighted by Crippen LogP contribution is 2.20. The highest BCUT2D eigenvalue weighted by Gasteiger charge is 2.23. The number of aromatic nitrogens is 2. The number of carbonyl (C=O) groups excluding carboxylic acids is 1. The molecule has 0 radical (unpaired) electrons. The lowest BCUT2D eigenvalue weighted by molar-refractivity contribution is 0.0620. The van der Waals surface area contributed by atoms with Gasteiger partial charge in [-0.1, -0.05) is 17.7 Å². The Labute approximate surface area is 147 Å². The number of amides is 1. The summed E-state index contributed by atoms with van der Waals surface area (Å²) < 4.78 is 7.82. The van der Waals surface area contributed by atoms with Crippen LogP contribution in [0.1, 0.15) is 42.0 Å². The minimum atomic E-state index is 0.00266. The van der Waals surface area contributed by atoms with Gasteiger partial charge in [-0.2, -0.15) is 0 Å². The fourth-order valence-electron chi connectivity index (χ4n) is 2.86. The Morgan fingerprint density at radius 1 is 1.38 bits per heavy atom. The predicted molar refractivity (Wildman–Crippen MR) is 93.0 cm³/mol. The average Bonchev–Trinajstić information content (AvgIpc) is 2.80. The summed E-state index contributed by atoms with van der Waals surface area (Å²) in [5.41, 5.74) is 2.59. The molecule has 0 bridgehead atoms. The second-order valence-corrected chi connectivity index (χ2v) is 6.72. The van der Waals surface area contributed by atoms with Gasteiger partial charge in [0.05, 0.1) is 37.0 Å². The maximum Gasteiger partial charge on any atom is 0.254 e. The SMILES string of the molecule is CC(C)OCc1ncn2c1CN(C(=O)c1cccc(Cl)c1)CCC2. The lowest BCUT2D eigenvalue weighted by Gasteiger charge is -2.21. The third-order valence-corrected chi connectivity index (χ3v) is 4.35. The van der Waals surface area contributed by atoms with Crippen molar-refractivity contribution in [2.45, 2.75) is 46.1 Å². The van der Waals surface area contributed by atoms with Crippen molar-refractivity contribution in [2.75, 3.05) is 6.54 Å². The molecule has 128 valence electrons. The molecular weight excluding hydrogens is 326 g/mol. The Balaban J connectivity index is 1.81. The number of ether oxygens (including phenoxy) is 1. The van der Waals surface area contributed by atoms with Crippen molar-refractivity contribution in [3.63, 3.8) is 0 Å². The predicted octanol–water partition coefficient (Wildman–Crippen LogP) is 3.51. The summed E-state index contributed by atoms with van der Waals surface area (Å²) in [6.07, 6.45) is 2.90. The molecule has 2 heterocycles. The normalized spacial score (nSPS) is 14.6. The van der Waals surface area contributed by atoms with Crippen molar-refractivity contribution in [3.8, 4) is 0 Å². The quantitative estimate of drug-likeness (QED) is 0.850. The summed E-state index contributed by atoms with van der Waals surface area (Å²) in [5, 5.41) is 0.576. The van der Waals surface area contributed by atoms with Crippen LogP contribution in [0.4, 0.5) is 0 Å². The van der Waals surface area contributed by atoms with E-state index in [9.17, 15) is 4.79 Å². The molecule has 0 unspecified atom stereocenters. The van der Waals surface area contributed by atoms with Crippen LogP contribution in [0.2, 0.25) is 5.02 Å². The number of hydrogen-bond donors (Lipinski definition) is 0. The van der Waals surface area contributed by atoms with Crippen LogP contribution in [-0.4, -0.2) is 33.0 Å². The first kappa shape index (κ1) is 17.0. The zero-order valence-electron chi connectivity index (χ0n) is 14.0. The van der Waals surface area contributed by atoms with E-state index in [1.165, 1.54) is 0 Å². The van der Waals surface area contributed by atoms with E-state index >= 15 is 0 Å². The van der Waals surface area contributed by atoms with Crippen molar-refractivity contribution in [3.05, 3.63) is 52.6 Å². The van der Waals surface area contributed by atoms with Crippen LogP contribution < -0.4 is 0 Å². The van der Waals surface area contributed by atoms with Crippen molar-refractivity contribution in [1.82, 2.24) is 14.5 Å². The standard InChI is InChI=1S/C18H22ClN3O2/c1-13(2)24-11-16-17-10-21(7-4-8-22(17)12-20-16)18(23)14-5-3-6-15(19)9-14/h3,5-6,9,12-13H,4,7-8,10-11H2,1-2H3. The number of imidazole rings is 1. The lowest BCUT2D eigenvalue weighted by Crippen LogP contribution is -2.31. The summed E-state index contributed by atoms with van der Waals surface area (Å²) >= 11 is 6.02. The van der Waals surface area contributed by atoms with E-state index in [0.29, 0.717) is 23.7 Å². The van der Waals surface area contributed by atoms with Crippen molar-refractivity contribution >= 4 is 17.5 Å². The summed E-state index contributed by atoms with van der Waals surface area (Å²) in [6, 6.07) is 7.10. The molecule has 3 rings (SSSR count). The minimum absolute atomic E-state index is 0.00266. The van der Waals surface area contributed by atoms with Crippen molar-refractivity contribution < 1.29 is 9.53 Å². The summed E-state index contributed by atoms with van der Waals surface area (Å²) in [4.78, 5) is 19.2. The van der Waals surface area contributed by atoms with Gasteiger partial charge in [0.25, 0.3) is 5.91 Å². The Morgan fingerprint density at radius 2 is 2.21 bits per heavy atom. The van der Waals surface area contributed by atoms with Crippen molar-refractivity contribution in [1.29, 1.82) is 0 Å². The molecule has 0 N–H and O–H groups in total. The van der Waals surface area contributed by atoms with Crippen LogP contribution in [0.15, 0.2) is 30.6 Å². The Bertz CT molecular complexity index is 727. The van der Waals surface area contributed by atoms with Crippen LogP contribution in [0.5, 0.6) is 0 Å². The average molecular weight is 348 g/mol. The smallest absolute Gasteiger partial charge is 0.254 e. The van der Waals surface area contributed by atoms with Gasteiger partial charge in [0.2, 0.25) is 0 Å². The molecule has 0 saturated heterocycles. The Kier molecular flexibility index (Phi) is 5.21. The monoisotopic (exact) mass is 347 g/mol. The maximum atomic E-state index is 12.8. The van der Waals surface area contributed by atoms with Crippen LogP contribution in [0.25, 0.3) is 0 Å². The summed E-state index contributed by atoms with van der Waals surface area (Å²) in [7, 11) is 0. The number of rotatable bonds is 4. The molecule has 0 aliphatic carbocycles. The number of benzene rings is 1. The van der Waals surface area contributed by atoms with Gasteiger partial charge in [-0.05, 0) is 38.5 Å². The lowest BCUT2D eigenvalue weighted by atomic mass is 10.2. The fourth-order valence-corrected chi connectivity index (χ4v) is 3.05. The molecular formula is C18H22ClN3O2. The van der Waals surface area contributed by atoms with Gasteiger partial charge in [0.1, 0.15) is 0 Å². The zero-order chi connectivity index (χ0) is 17.1. The number of fused-ring (bicyclic) bond motifs is 1. The van der Waals surface area contributed by atoms with Gasteiger partial charge in [-0.15, -0.1) is 0 Å². The van der Waals surface area contributed by atoms with E-state index in [-0.39, 0.29) is 12.0 Å². The second kappa shape index (κ2) is 7.36. The molecule has 2 aromatic rings. The van der Waals surface area contributed by atoms with Crippen LogP contribution in [-0.2, 0) is 24.4 Å². The number of hydrogen-bond acceptors (Lipinski definition) is 3. The molecule has 24 heavy (non-hydrogen) atoms. The Hall–Kier alpha value is -1.85. The topological polar surface area (TPSA) is 47.4 Å². The molecule has 1 aliphatic rings. The van der Waals surface area contributed by atoms with Gasteiger partial charge < -0.3 is 14.2 Å². The molecule has 5 nitrogen and oxygen atoms in total. The van der Waals surface area contributed by atoms with Gasteiger partial charge >= 0.3 is 0 Å². The number of nitrogens with zero attached hydrogens (tertiary/aromatic N) is 3. The molecule has 1 aromatic heterocycles. The molecule has 0 atom stereocenters. The zero-order valence-corrected chi connectivity index (χ0v) is 14.8. The van der Waals surface area contributed by atoms with E-state index in [1.54, 1.807) is 24.3 Å². The van der Waals surface area contributed by atoms with E-state index in [1.807, 2.05) is 25.1 Å². The third-order valence-electron chi connectivity index (χ3n) is 4.11.